The average Bonchev–Trinajstić information content (AvgIpc) is 2.95. The molecule has 8 heteroatoms. The third-order valence-electron chi connectivity index (χ3n) is 3.95. The minimum absolute atomic E-state index is 0. The number of carbonyl (C=O) groups excluding carboxylic acids is 1. The fourth-order valence-electron chi connectivity index (χ4n) is 2.73. The van der Waals surface area contributed by atoms with Gasteiger partial charge < -0.3 is 14.4 Å². The number of thiazole rings is 1. The van der Waals surface area contributed by atoms with E-state index < -0.39 is 0 Å². The summed E-state index contributed by atoms with van der Waals surface area (Å²) in [5.74, 6) is 1.12. The Balaban J connectivity index is 0.00000169. The summed E-state index contributed by atoms with van der Waals surface area (Å²) < 4.78 is 11.0. The molecule has 0 unspecified atom stereocenters. The summed E-state index contributed by atoms with van der Waals surface area (Å²) >= 11 is 1.55. The highest BCUT2D eigenvalue weighted by molar-refractivity contribution is 7.15. The van der Waals surface area contributed by atoms with E-state index in [0.29, 0.717) is 35.4 Å². The third kappa shape index (κ3) is 3.33. The van der Waals surface area contributed by atoms with Crippen LogP contribution in [0.15, 0.2) is 18.2 Å². The first-order chi connectivity index (χ1) is 11.2. The molecule has 0 atom stereocenters. The Morgan fingerprint density at radius 2 is 2.08 bits per heavy atom. The van der Waals surface area contributed by atoms with E-state index >= 15 is 0 Å². The number of hydrogen-bond donors (Lipinski definition) is 1. The van der Waals surface area contributed by atoms with Crippen LogP contribution in [-0.4, -0.2) is 42.6 Å². The number of benzene rings is 1. The molecule has 2 aromatic rings. The number of fused-ring (bicyclic) bond motifs is 2. The normalized spacial score (nSPS) is 16.0. The van der Waals surface area contributed by atoms with Gasteiger partial charge in [0, 0.05) is 30.0 Å². The lowest BCUT2D eigenvalue weighted by Gasteiger charge is -2.20. The number of nitrogens with zero attached hydrogens (tertiary/aromatic N) is 2. The fourth-order valence-corrected chi connectivity index (χ4v) is 3.81. The van der Waals surface area contributed by atoms with E-state index in [1.54, 1.807) is 29.5 Å². The molecule has 0 bridgehead atoms. The van der Waals surface area contributed by atoms with Crippen molar-refractivity contribution in [3.63, 3.8) is 0 Å². The van der Waals surface area contributed by atoms with Crippen LogP contribution in [0.25, 0.3) is 0 Å². The molecule has 3 heterocycles. The van der Waals surface area contributed by atoms with Gasteiger partial charge in [-0.2, -0.15) is 0 Å². The number of hydrogen-bond acceptors (Lipinski definition) is 6. The topological polar surface area (TPSA) is 63.7 Å². The molecule has 2 aliphatic rings. The van der Waals surface area contributed by atoms with Crippen LogP contribution in [-0.2, 0) is 13.0 Å². The van der Waals surface area contributed by atoms with Crippen molar-refractivity contribution in [3.05, 3.63) is 34.3 Å². The molecule has 0 aliphatic carbocycles. The Hall–Kier alpha value is -1.83. The summed E-state index contributed by atoms with van der Waals surface area (Å²) in [7, 11) is 2.09. The molecule has 1 aromatic heterocycles. The molecule has 2 aliphatic heterocycles. The third-order valence-corrected chi connectivity index (χ3v) is 4.94. The lowest BCUT2D eigenvalue weighted by Crippen LogP contribution is -2.25. The zero-order valence-electron chi connectivity index (χ0n) is 13.2. The summed E-state index contributed by atoms with van der Waals surface area (Å²) in [6, 6.07) is 5.22. The van der Waals surface area contributed by atoms with Gasteiger partial charge in [-0.15, -0.1) is 23.7 Å². The van der Waals surface area contributed by atoms with Crippen molar-refractivity contribution in [2.45, 2.75) is 13.0 Å². The van der Waals surface area contributed by atoms with Gasteiger partial charge in [0.25, 0.3) is 5.91 Å². The van der Waals surface area contributed by atoms with Crippen molar-refractivity contribution in [2.24, 2.45) is 0 Å². The lowest BCUT2D eigenvalue weighted by atomic mass is 10.2. The van der Waals surface area contributed by atoms with Crippen LogP contribution in [0.5, 0.6) is 11.5 Å². The van der Waals surface area contributed by atoms with Gasteiger partial charge in [0.1, 0.15) is 13.2 Å². The number of likely N-dealkylation sites (N-methyl/N-ethyl adjacent to an activating group) is 1. The van der Waals surface area contributed by atoms with Crippen LogP contribution in [0.2, 0.25) is 0 Å². The molecule has 4 rings (SSSR count). The van der Waals surface area contributed by atoms with E-state index in [4.69, 9.17) is 9.47 Å². The molecule has 1 N–H and O–H groups in total. The molecule has 1 aromatic carbocycles. The van der Waals surface area contributed by atoms with Gasteiger partial charge in [-0.3, -0.25) is 10.1 Å². The summed E-state index contributed by atoms with van der Waals surface area (Å²) in [5.41, 5.74) is 1.64. The monoisotopic (exact) mass is 367 g/mol. The second-order valence-electron chi connectivity index (χ2n) is 5.69. The molecular weight excluding hydrogens is 350 g/mol. The largest absolute Gasteiger partial charge is 0.486 e. The van der Waals surface area contributed by atoms with E-state index in [1.165, 1.54) is 4.88 Å². The first-order valence-electron chi connectivity index (χ1n) is 7.57. The van der Waals surface area contributed by atoms with Gasteiger partial charge in [0.05, 0.1) is 5.69 Å². The highest BCUT2D eigenvalue weighted by atomic mass is 35.5. The lowest BCUT2D eigenvalue weighted by molar-refractivity contribution is 0.102. The highest BCUT2D eigenvalue weighted by Gasteiger charge is 2.20. The number of carbonyl (C=O) groups is 1. The molecular formula is C16H18ClN3O3S. The zero-order valence-corrected chi connectivity index (χ0v) is 14.8. The van der Waals surface area contributed by atoms with E-state index in [9.17, 15) is 4.79 Å². The number of aromatic nitrogens is 1. The Morgan fingerprint density at radius 3 is 2.92 bits per heavy atom. The average molecular weight is 368 g/mol. The quantitative estimate of drug-likeness (QED) is 0.883. The molecule has 0 saturated heterocycles. The van der Waals surface area contributed by atoms with Crippen LogP contribution in [0.1, 0.15) is 20.9 Å². The van der Waals surface area contributed by atoms with Gasteiger partial charge in [-0.1, -0.05) is 0 Å². The molecule has 0 saturated carbocycles. The molecule has 128 valence electrons. The minimum Gasteiger partial charge on any atom is -0.486 e. The van der Waals surface area contributed by atoms with Gasteiger partial charge in [0.2, 0.25) is 0 Å². The van der Waals surface area contributed by atoms with Crippen molar-refractivity contribution in [3.8, 4) is 11.5 Å². The number of ether oxygens (including phenoxy) is 2. The number of nitrogens with one attached hydrogen (secondary N) is 1. The Morgan fingerprint density at radius 1 is 1.29 bits per heavy atom. The SMILES string of the molecule is CN1CCc2nc(NC(=O)c3ccc4c(c3)OCCO4)sc2C1.Cl. The smallest absolute Gasteiger partial charge is 0.257 e. The maximum Gasteiger partial charge on any atom is 0.257 e. The van der Waals surface area contributed by atoms with Crippen LogP contribution in [0.3, 0.4) is 0 Å². The van der Waals surface area contributed by atoms with E-state index in [-0.39, 0.29) is 18.3 Å². The fraction of sp³-hybridized carbons (Fsp3) is 0.375. The van der Waals surface area contributed by atoms with Crippen LogP contribution < -0.4 is 14.8 Å². The Kier molecular flexibility index (Phi) is 4.93. The number of halogens is 1. The second-order valence-corrected chi connectivity index (χ2v) is 6.77. The Labute approximate surface area is 150 Å². The van der Waals surface area contributed by atoms with Crippen LogP contribution >= 0.6 is 23.7 Å². The highest BCUT2D eigenvalue weighted by Crippen LogP contribution is 2.32. The standard InChI is InChI=1S/C16H17N3O3S.ClH/c1-19-5-4-11-14(9-19)23-16(17-11)18-15(20)10-2-3-12-13(8-10)22-7-6-21-12;/h2-3,8H,4-7,9H2,1H3,(H,17,18,20);1H. The summed E-state index contributed by atoms with van der Waals surface area (Å²) in [5, 5.41) is 3.55. The molecule has 24 heavy (non-hydrogen) atoms. The summed E-state index contributed by atoms with van der Waals surface area (Å²) in [6.07, 6.45) is 0.933. The van der Waals surface area contributed by atoms with Crippen LogP contribution in [0, 0.1) is 0 Å². The van der Waals surface area contributed by atoms with Gasteiger partial charge in [-0.05, 0) is 25.2 Å². The predicted octanol–water partition coefficient (Wildman–Crippen LogP) is 2.58. The van der Waals surface area contributed by atoms with Crippen molar-refractivity contribution in [1.82, 2.24) is 9.88 Å². The first-order valence-corrected chi connectivity index (χ1v) is 8.39. The van der Waals surface area contributed by atoms with Crippen molar-refractivity contribution in [1.29, 1.82) is 0 Å². The molecule has 1 amide bonds. The van der Waals surface area contributed by atoms with E-state index in [2.05, 4.69) is 22.2 Å². The zero-order chi connectivity index (χ0) is 15.8. The predicted molar refractivity (Wildman–Crippen MR) is 94.8 cm³/mol. The first kappa shape index (κ1) is 17.0. The minimum atomic E-state index is -0.179. The second kappa shape index (κ2) is 6.96. The van der Waals surface area contributed by atoms with Crippen LogP contribution in [0.4, 0.5) is 5.13 Å². The maximum atomic E-state index is 12.4. The molecule has 0 spiro atoms. The molecule has 0 fully saturated rings. The maximum absolute atomic E-state index is 12.4. The number of amides is 1. The van der Waals surface area contributed by atoms with Crippen molar-refractivity contribution in [2.75, 3.05) is 32.1 Å². The molecule has 0 radical (unpaired) electrons. The number of anilines is 1. The summed E-state index contributed by atoms with van der Waals surface area (Å²) in [6.45, 7) is 2.95. The van der Waals surface area contributed by atoms with Gasteiger partial charge >= 0.3 is 0 Å². The Bertz CT molecular complexity index is 765. The van der Waals surface area contributed by atoms with Gasteiger partial charge in [-0.25, -0.2) is 4.98 Å². The van der Waals surface area contributed by atoms with Gasteiger partial charge in [0.15, 0.2) is 16.6 Å². The summed E-state index contributed by atoms with van der Waals surface area (Å²) in [4.78, 5) is 20.5. The van der Waals surface area contributed by atoms with Crippen molar-refractivity contribution >= 4 is 34.8 Å². The van der Waals surface area contributed by atoms with Crippen molar-refractivity contribution < 1.29 is 14.3 Å². The van der Waals surface area contributed by atoms with E-state index in [0.717, 1.165) is 25.2 Å². The number of rotatable bonds is 2. The molecule has 6 nitrogen and oxygen atoms in total. The van der Waals surface area contributed by atoms with E-state index in [1.807, 2.05) is 0 Å².